The Morgan fingerprint density at radius 1 is 1.37 bits per heavy atom. The quantitative estimate of drug-likeness (QED) is 0.805. The van der Waals surface area contributed by atoms with Gasteiger partial charge in [-0.2, -0.15) is 0 Å². The Hall–Kier alpha value is -1.47. The molecule has 0 bridgehead atoms. The minimum absolute atomic E-state index is 0.187. The smallest absolute Gasteiger partial charge is 0.263 e. The van der Waals surface area contributed by atoms with Crippen molar-refractivity contribution < 1.29 is 9.53 Å². The summed E-state index contributed by atoms with van der Waals surface area (Å²) in [5.74, 6) is 0.387. The summed E-state index contributed by atoms with van der Waals surface area (Å²) in [5, 5.41) is 3.46. The summed E-state index contributed by atoms with van der Waals surface area (Å²) in [5.41, 5.74) is 6.37. The third kappa shape index (κ3) is 3.51. The summed E-state index contributed by atoms with van der Waals surface area (Å²) in [7, 11) is 9.15. The Bertz CT molecular complexity index is 445. The van der Waals surface area contributed by atoms with E-state index in [2.05, 4.69) is 10.2 Å². The first kappa shape index (κ1) is 15.6. The van der Waals surface area contributed by atoms with Gasteiger partial charge in [-0.25, -0.2) is 0 Å². The maximum atomic E-state index is 11.7. The lowest BCUT2D eigenvalue weighted by molar-refractivity contribution is 0.0967. The normalized spacial score (nSPS) is 10.6. The number of anilines is 2. The van der Waals surface area contributed by atoms with Crippen molar-refractivity contribution in [3.8, 4) is 5.75 Å². The molecular formula is C12H22N4O2S. The Morgan fingerprint density at radius 2 is 2.00 bits per heavy atom. The zero-order chi connectivity index (χ0) is 14.6. The molecule has 1 amide bonds. The number of nitrogens with two attached hydrogens (primary N) is 1. The van der Waals surface area contributed by atoms with Crippen LogP contribution in [0.25, 0.3) is 0 Å². The average molecular weight is 286 g/mol. The van der Waals surface area contributed by atoms with Crippen molar-refractivity contribution in [1.82, 2.24) is 10.2 Å². The molecule has 1 aromatic rings. The highest BCUT2D eigenvalue weighted by molar-refractivity contribution is 7.19. The largest absolute Gasteiger partial charge is 0.492 e. The Balaban J connectivity index is 3.03. The number of ether oxygens (including phenoxy) is 1. The van der Waals surface area contributed by atoms with E-state index in [1.54, 1.807) is 14.2 Å². The minimum Gasteiger partial charge on any atom is -0.492 e. The second-order valence-corrected chi connectivity index (χ2v) is 5.49. The average Bonchev–Trinajstić information content (AvgIpc) is 2.72. The number of carbonyl (C=O) groups is 1. The van der Waals surface area contributed by atoms with E-state index >= 15 is 0 Å². The number of methoxy groups -OCH3 is 1. The molecule has 1 aromatic heterocycles. The second kappa shape index (κ2) is 6.63. The lowest BCUT2D eigenvalue weighted by Gasteiger charge is -2.20. The molecule has 0 spiro atoms. The van der Waals surface area contributed by atoms with Gasteiger partial charge in [0.1, 0.15) is 15.6 Å². The first-order chi connectivity index (χ1) is 8.92. The first-order valence-electron chi connectivity index (χ1n) is 5.96. The molecule has 0 unspecified atom stereocenters. The molecule has 0 aliphatic carbocycles. The van der Waals surface area contributed by atoms with Crippen LogP contribution in [-0.4, -0.2) is 59.2 Å². The third-order valence-electron chi connectivity index (χ3n) is 2.75. The number of hydrogen-bond donors (Lipinski definition) is 2. The zero-order valence-corrected chi connectivity index (χ0v) is 12.9. The molecule has 3 N–H and O–H groups in total. The van der Waals surface area contributed by atoms with E-state index in [0.29, 0.717) is 16.3 Å². The first-order valence-corrected chi connectivity index (χ1v) is 6.78. The molecule has 0 fully saturated rings. The van der Waals surface area contributed by atoms with Crippen LogP contribution in [0.4, 0.5) is 10.7 Å². The number of nitrogens with one attached hydrogen (secondary N) is 1. The SMILES string of the molecule is CNC(=O)c1sc(N(C)CCN(C)C)c(OC)c1N. The fourth-order valence-corrected chi connectivity index (χ4v) is 2.72. The third-order valence-corrected chi connectivity index (χ3v) is 4.05. The lowest BCUT2D eigenvalue weighted by Crippen LogP contribution is -2.28. The van der Waals surface area contributed by atoms with Crippen LogP contribution in [0.1, 0.15) is 9.67 Å². The summed E-state index contributed by atoms with van der Waals surface area (Å²) >= 11 is 1.35. The van der Waals surface area contributed by atoms with Gasteiger partial charge in [0.15, 0.2) is 5.75 Å². The number of hydrogen-bond acceptors (Lipinski definition) is 6. The molecule has 0 aromatic carbocycles. The molecule has 7 heteroatoms. The predicted molar refractivity (Wildman–Crippen MR) is 80.5 cm³/mol. The van der Waals surface area contributed by atoms with Gasteiger partial charge in [-0.15, -0.1) is 11.3 Å². The van der Waals surface area contributed by atoms with Crippen LogP contribution < -0.4 is 20.7 Å². The van der Waals surface area contributed by atoms with Gasteiger partial charge in [0.2, 0.25) is 0 Å². The van der Waals surface area contributed by atoms with Crippen molar-refractivity contribution >= 4 is 27.9 Å². The zero-order valence-electron chi connectivity index (χ0n) is 12.1. The van der Waals surface area contributed by atoms with Gasteiger partial charge in [-0.1, -0.05) is 0 Å². The summed E-state index contributed by atoms with van der Waals surface area (Å²) in [6, 6.07) is 0. The number of carbonyl (C=O) groups excluding carboxylic acids is 1. The molecule has 0 aliphatic rings. The Morgan fingerprint density at radius 3 is 2.47 bits per heavy atom. The van der Waals surface area contributed by atoms with Crippen LogP contribution in [0.3, 0.4) is 0 Å². The topological polar surface area (TPSA) is 70.8 Å². The molecule has 0 saturated heterocycles. The van der Waals surface area contributed by atoms with Crippen LogP contribution in [0, 0.1) is 0 Å². The van der Waals surface area contributed by atoms with Crippen molar-refractivity contribution in [2.24, 2.45) is 0 Å². The summed E-state index contributed by atoms with van der Waals surface area (Å²) in [4.78, 5) is 16.4. The van der Waals surface area contributed by atoms with E-state index in [-0.39, 0.29) is 5.91 Å². The Labute approximate surface area is 118 Å². The monoisotopic (exact) mass is 286 g/mol. The van der Waals surface area contributed by atoms with Crippen LogP contribution in [-0.2, 0) is 0 Å². The molecule has 108 valence electrons. The number of amides is 1. The van der Waals surface area contributed by atoms with Crippen molar-refractivity contribution in [3.63, 3.8) is 0 Å². The van der Waals surface area contributed by atoms with Crippen molar-refractivity contribution in [2.45, 2.75) is 0 Å². The van der Waals surface area contributed by atoms with E-state index in [4.69, 9.17) is 10.5 Å². The highest BCUT2D eigenvalue weighted by Crippen LogP contribution is 2.44. The van der Waals surface area contributed by atoms with Crippen LogP contribution >= 0.6 is 11.3 Å². The molecule has 0 aliphatic heterocycles. The number of thiophene rings is 1. The van der Waals surface area contributed by atoms with E-state index in [9.17, 15) is 4.79 Å². The van der Waals surface area contributed by atoms with Gasteiger partial charge in [-0.3, -0.25) is 4.79 Å². The maximum absolute atomic E-state index is 11.7. The van der Waals surface area contributed by atoms with Crippen LogP contribution in [0.2, 0.25) is 0 Å². The van der Waals surface area contributed by atoms with Crippen molar-refractivity contribution in [3.05, 3.63) is 4.88 Å². The predicted octanol–water partition coefficient (Wildman–Crippen LogP) is 0.696. The van der Waals surface area contributed by atoms with Gasteiger partial charge in [0.05, 0.1) is 7.11 Å². The van der Waals surface area contributed by atoms with E-state index < -0.39 is 0 Å². The maximum Gasteiger partial charge on any atom is 0.263 e. The number of nitrogens with zero attached hydrogens (tertiary/aromatic N) is 2. The number of rotatable bonds is 6. The summed E-state index contributed by atoms with van der Waals surface area (Å²) < 4.78 is 5.33. The highest BCUT2D eigenvalue weighted by atomic mass is 32.1. The molecule has 0 radical (unpaired) electrons. The van der Waals surface area contributed by atoms with Crippen molar-refractivity contribution in [2.75, 3.05) is 59.0 Å². The van der Waals surface area contributed by atoms with Gasteiger partial charge in [-0.05, 0) is 14.1 Å². The summed E-state index contributed by atoms with van der Waals surface area (Å²) in [6.07, 6.45) is 0. The Kier molecular flexibility index (Phi) is 5.44. The highest BCUT2D eigenvalue weighted by Gasteiger charge is 2.23. The summed E-state index contributed by atoms with van der Waals surface area (Å²) in [6.45, 7) is 1.74. The van der Waals surface area contributed by atoms with Crippen LogP contribution in [0.5, 0.6) is 5.75 Å². The molecule has 0 atom stereocenters. The standard InChI is InChI=1S/C12H22N4O2S/c1-14-11(17)10-8(13)9(18-5)12(19-10)16(4)7-6-15(2)3/h6-7,13H2,1-5H3,(H,14,17). The molecule has 1 heterocycles. The van der Waals surface area contributed by atoms with Crippen LogP contribution in [0.15, 0.2) is 0 Å². The molecular weight excluding hydrogens is 264 g/mol. The van der Waals surface area contributed by atoms with E-state index in [1.807, 2.05) is 26.0 Å². The number of likely N-dealkylation sites (N-methyl/N-ethyl adjacent to an activating group) is 2. The van der Waals surface area contributed by atoms with Gasteiger partial charge in [0.25, 0.3) is 5.91 Å². The fraction of sp³-hybridized carbons (Fsp3) is 0.583. The molecule has 19 heavy (non-hydrogen) atoms. The van der Waals surface area contributed by atoms with Gasteiger partial charge in [0, 0.05) is 27.2 Å². The minimum atomic E-state index is -0.187. The fourth-order valence-electron chi connectivity index (χ4n) is 1.60. The van der Waals surface area contributed by atoms with Gasteiger partial charge >= 0.3 is 0 Å². The molecule has 1 rings (SSSR count). The van der Waals surface area contributed by atoms with Crippen molar-refractivity contribution in [1.29, 1.82) is 0 Å². The molecule has 6 nitrogen and oxygen atoms in total. The molecule has 0 saturated carbocycles. The second-order valence-electron chi connectivity index (χ2n) is 4.49. The number of nitrogen functional groups attached to an aromatic ring is 1. The van der Waals surface area contributed by atoms with E-state index in [1.165, 1.54) is 11.3 Å². The van der Waals surface area contributed by atoms with E-state index in [0.717, 1.165) is 18.1 Å². The lowest BCUT2D eigenvalue weighted by atomic mass is 10.3. The van der Waals surface area contributed by atoms with Gasteiger partial charge < -0.3 is 25.6 Å².